The van der Waals surface area contributed by atoms with Crippen molar-refractivity contribution < 1.29 is 13.2 Å². The Kier molecular flexibility index (Phi) is 4.76. The van der Waals surface area contributed by atoms with Crippen molar-refractivity contribution in [2.45, 2.75) is 4.90 Å². The fourth-order valence-electron chi connectivity index (χ4n) is 1.68. The molecule has 2 N–H and O–H groups in total. The van der Waals surface area contributed by atoms with Crippen LogP contribution < -0.4 is 10.0 Å². The van der Waals surface area contributed by atoms with Crippen LogP contribution in [0, 0.1) is 0 Å². The molecule has 0 spiro atoms. The molecular weight excluding hydrogens is 356 g/mol. The van der Waals surface area contributed by atoms with E-state index in [0.717, 1.165) is 0 Å². The molecule has 0 heterocycles. The number of hydrogen-bond acceptors (Lipinski definition) is 3. The van der Waals surface area contributed by atoms with Gasteiger partial charge in [0, 0.05) is 10.2 Å². The van der Waals surface area contributed by atoms with Gasteiger partial charge < -0.3 is 5.32 Å². The normalized spacial score (nSPS) is 11.1. The van der Waals surface area contributed by atoms with E-state index in [4.69, 9.17) is 0 Å². The number of carbonyl (C=O) groups is 1. The van der Waals surface area contributed by atoms with Crippen molar-refractivity contribution >= 4 is 37.5 Å². The number of halogens is 1. The summed E-state index contributed by atoms with van der Waals surface area (Å²) in [5.74, 6) is -0.388. The van der Waals surface area contributed by atoms with Gasteiger partial charge in [-0.05, 0) is 53.3 Å². The zero-order valence-electron chi connectivity index (χ0n) is 11.1. The van der Waals surface area contributed by atoms with Crippen molar-refractivity contribution in [1.29, 1.82) is 0 Å². The van der Waals surface area contributed by atoms with E-state index in [0.29, 0.717) is 10.2 Å². The third-order valence-corrected chi connectivity index (χ3v) is 4.90. The van der Waals surface area contributed by atoms with E-state index >= 15 is 0 Å². The van der Waals surface area contributed by atoms with Crippen molar-refractivity contribution in [1.82, 2.24) is 4.72 Å². The van der Waals surface area contributed by atoms with E-state index in [9.17, 15) is 13.2 Å². The summed E-state index contributed by atoms with van der Waals surface area (Å²) >= 11 is 3.26. The highest BCUT2D eigenvalue weighted by Crippen LogP contribution is 2.22. The van der Waals surface area contributed by atoms with Gasteiger partial charge in [0.05, 0.1) is 10.5 Å². The third-order valence-electron chi connectivity index (χ3n) is 2.79. The number of para-hydroxylation sites is 1. The summed E-state index contributed by atoms with van der Waals surface area (Å²) in [5.41, 5.74) is 0.881. The molecule has 0 radical (unpaired) electrons. The predicted molar refractivity (Wildman–Crippen MR) is 84.8 cm³/mol. The van der Waals surface area contributed by atoms with Crippen LogP contribution in [-0.2, 0) is 10.0 Å². The maximum Gasteiger partial charge on any atom is 0.256 e. The second-order valence-corrected chi connectivity index (χ2v) is 6.91. The lowest BCUT2D eigenvalue weighted by atomic mass is 10.2. The van der Waals surface area contributed by atoms with Crippen molar-refractivity contribution in [3.63, 3.8) is 0 Å². The minimum atomic E-state index is -3.59. The average molecular weight is 369 g/mol. The van der Waals surface area contributed by atoms with E-state index in [-0.39, 0.29) is 16.4 Å². The van der Waals surface area contributed by atoms with Gasteiger partial charge in [-0.15, -0.1) is 0 Å². The highest BCUT2D eigenvalue weighted by Gasteiger charge is 2.17. The monoisotopic (exact) mass is 368 g/mol. The SMILES string of the molecule is CNS(=O)(=O)c1ccc(Br)c(C(=O)Nc2ccccc2)c1. The number of nitrogens with one attached hydrogen (secondary N) is 2. The first-order chi connectivity index (χ1) is 9.94. The highest BCUT2D eigenvalue weighted by atomic mass is 79.9. The van der Waals surface area contributed by atoms with Gasteiger partial charge in [-0.2, -0.15) is 0 Å². The standard InChI is InChI=1S/C14H13BrN2O3S/c1-16-21(19,20)11-7-8-13(15)12(9-11)14(18)17-10-5-3-2-4-6-10/h2-9,16H,1H3,(H,17,18). The lowest BCUT2D eigenvalue weighted by molar-refractivity contribution is 0.102. The Labute approximate surface area is 131 Å². The predicted octanol–water partition coefficient (Wildman–Crippen LogP) is 2.61. The van der Waals surface area contributed by atoms with Gasteiger partial charge in [0.25, 0.3) is 5.91 Å². The molecule has 0 aromatic heterocycles. The second kappa shape index (κ2) is 6.38. The molecule has 1 amide bonds. The Bertz CT molecular complexity index is 761. The fraction of sp³-hybridized carbons (Fsp3) is 0.0714. The van der Waals surface area contributed by atoms with Crippen LogP contribution >= 0.6 is 15.9 Å². The molecule has 0 bridgehead atoms. The topological polar surface area (TPSA) is 75.3 Å². The summed E-state index contributed by atoms with van der Waals surface area (Å²) in [7, 11) is -2.27. The summed E-state index contributed by atoms with van der Waals surface area (Å²) in [4.78, 5) is 12.3. The summed E-state index contributed by atoms with van der Waals surface area (Å²) in [6.07, 6.45) is 0. The van der Waals surface area contributed by atoms with Gasteiger partial charge in [0.1, 0.15) is 0 Å². The van der Waals surface area contributed by atoms with Crippen molar-refractivity contribution in [2.75, 3.05) is 12.4 Å². The molecule has 0 saturated heterocycles. The highest BCUT2D eigenvalue weighted by molar-refractivity contribution is 9.10. The molecule has 0 aliphatic carbocycles. The van der Waals surface area contributed by atoms with E-state index < -0.39 is 10.0 Å². The number of benzene rings is 2. The minimum absolute atomic E-state index is 0.0337. The van der Waals surface area contributed by atoms with Gasteiger partial charge in [0.15, 0.2) is 0 Å². The van der Waals surface area contributed by atoms with E-state index in [1.807, 2.05) is 6.07 Å². The molecule has 0 aliphatic heterocycles. The van der Waals surface area contributed by atoms with Gasteiger partial charge in [-0.25, -0.2) is 13.1 Å². The number of sulfonamides is 1. The van der Waals surface area contributed by atoms with Crippen LogP contribution in [-0.4, -0.2) is 21.4 Å². The Morgan fingerprint density at radius 2 is 1.76 bits per heavy atom. The van der Waals surface area contributed by atoms with E-state index in [1.54, 1.807) is 24.3 Å². The van der Waals surface area contributed by atoms with E-state index in [2.05, 4.69) is 26.0 Å². The summed E-state index contributed by atoms with van der Waals surface area (Å²) in [6, 6.07) is 13.2. The minimum Gasteiger partial charge on any atom is -0.322 e. The zero-order chi connectivity index (χ0) is 15.5. The molecule has 0 aliphatic rings. The maximum atomic E-state index is 12.2. The molecule has 0 atom stereocenters. The molecule has 110 valence electrons. The number of anilines is 1. The molecule has 7 heteroatoms. The Morgan fingerprint density at radius 1 is 1.10 bits per heavy atom. The zero-order valence-corrected chi connectivity index (χ0v) is 13.5. The molecular formula is C14H13BrN2O3S. The van der Waals surface area contributed by atoms with Crippen molar-refractivity contribution in [3.8, 4) is 0 Å². The Balaban J connectivity index is 2.35. The Hall–Kier alpha value is -1.70. The molecule has 21 heavy (non-hydrogen) atoms. The summed E-state index contributed by atoms with van der Waals surface area (Å²) in [5, 5.41) is 2.71. The molecule has 5 nitrogen and oxygen atoms in total. The summed E-state index contributed by atoms with van der Waals surface area (Å²) in [6.45, 7) is 0. The van der Waals surface area contributed by atoms with Crippen LogP contribution in [0.1, 0.15) is 10.4 Å². The molecule has 2 rings (SSSR count). The van der Waals surface area contributed by atoms with Crippen molar-refractivity contribution in [2.24, 2.45) is 0 Å². The molecule has 2 aromatic carbocycles. The summed E-state index contributed by atoms with van der Waals surface area (Å²) < 4.78 is 26.3. The number of hydrogen-bond donors (Lipinski definition) is 2. The van der Waals surface area contributed by atoms with Gasteiger partial charge in [0.2, 0.25) is 10.0 Å². The lowest BCUT2D eigenvalue weighted by Crippen LogP contribution is -2.20. The maximum absolute atomic E-state index is 12.2. The average Bonchev–Trinajstić information content (AvgIpc) is 2.48. The number of amides is 1. The van der Waals surface area contributed by atoms with Gasteiger partial charge in [-0.1, -0.05) is 18.2 Å². The lowest BCUT2D eigenvalue weighted by Gasteiger charge is -2.09. The first-order valence-electron chi connectivity index (χ1n) is 6.03. The van der Waals surface area contributed by atoms with Crippen LogP contribution in [0.4, 0.5) is 5.69 Å². The van der Waals surface area contributed by atoms with Crippen LogP contribution in [0.3, 0.4) is 0 Å². The van der Waals surface area contributed by atoms with Gasteiger partial charge >= 0.3 is 0 Å². The van der Waals surface area contributed by atoms with Crippen LogP contribution in [0.5, 0.6) is 0 Å². The number of carbonyl (C=O) groups excluding carboxylic acids is 1. The first kappa shape index (κ1) is 15.7. The fourth-order valence-corrected chi connectivity index (χ4v) is 2.87. The molecule has 0 saturated carbocycles. The molecule has 2 aromatic rings. The van der Waals surface area contributed by atoms with Gasteiger partial charge in [-0.3, -0.25) is 4.79 Å². The third kappa shape index (κ3) is 3.69. The first-order valence-corrected chi connectivity index (χ1v) is 8.31. The van der Waals surface area contributed by atoms with Crippen molar-refractivity contribution in [3.05, 3.63) is 58.6 Å². The molecule has 0 fully saturated rings. The quantitative estimate of drug-likeness (QED) is 0.870. The van der Waals surface area contributed by atoms with Crippen LogP contribution in [0.25, 0.3) is 0 Å². The largest absolute Gasteiger partial charge is 0.322 e. The van der Waals surface area contributed by atoms with E-state index in [1.165, 1.54) is 25.2 Å². The van der Waals surface area contributed by atoms with Crippen LogP contribution in [0.2, 0.25) is 0 Å². The molecule has 0 unspecified atom stereocenters. The second-order valence-electron chi connectivity index (χ2n) is 4.17. The smallest absolute Gasteiger partial charge is 0.256 e. The Morgan fingerprint density at radius 3 is 2.38 bits per heavy atom. The van der Waals surface area contributed by atoms with Crippen LogP contribution in [0.15, 0.2) is 57.9 Å². The number of rotatable bonds is 4.